The number of H-pyrrole nitrogens is 1. The summed E-state index contributed by atoms with van der Waals surface area (Å²) < 4.78 is 0. The number of hydrazone groups is 1. The second kappa shape index (κ2) is 4.24. The SMILES string of the molecule is Cc1[nH]c2ccccc2c1C=NN1CC(=O)NC1=O. The van der Waals surface area contributed by atoms with Crippen LogP contribution in [0.2, 0.25) is 0 Å². The second-order valence-corrected chi connectivity index (χ2v) is 4.36. The molecular formula is C13H12N4O2. The molecule has 1 aliphatic heterocycles. The van der Waals surface area contributed by atoms with E-state index in [1.54, 1.807) is 6.21 Å². The number of hydrogen-bond acceptors (Lipinski definition) is 3. The Kier molecular flexibility index (Phi) is 2.56. The van der Waals surface area contributed by atoms with Crippen LogP contribution in [0, 0.1) is 6.92 Å². The van der Waals surface area contributed by atoms with E-state index in [9.17, 15) is 9.59 Å². The van der Waals surface area contributed by atoms with Crippen LogP contribution in [0.3, 0.4) is 0 Å². The Balaban J connectivity index is 1.95. The van der Waals surface area contributed by atoms with Crippen LogP contribution in [0.4, 0.5) is 4.79 Å². The van der Waals surface area contributed by atoms with E-state index in [-0.39, 0.29) is 12.5 Å². The van der Waals surface area contributed by atoms with Crippen molar-refractivity contribution in [2.24, 2.45) is 5.10 Å². The molecule has 2 heterocycles. The molecule has 0 atom stereocenters. The average Bonchev–Trinajstić information content (AvgIpc) is 2.86. The van der Waals surface area contributed by atoms with Crippen molar-refractivity contribution in [3.63, 3.8) is 0 Å². The molecular weight excluding hydrogens is 244 g/mol. The number of benzene rings is 1. The van der Waals surface area contributed by atoms with Crippen LogP contribution in [0.25, 0.3) is 10.9 Å². The number of carbonyl (C=O) groups is 2. The Labute approximate surface area is 109 Å². The minimum Gasteiger partial charge on any atom is -0.358 e. The number of nitrogens with one attached hydrogen (secondary N) is 2. The number of urea groups is 1. The van der Waals surface area contributed by atoms with Crippen molar-refractivity contribution >= 4 is 29.1 Å². The molecule has 6 heteroatoms. The molecule has 1 saturated heterocycles. The lowest BCUT2D eigenvalue weighted by atomic mass is 10.1. The molecule has 96 valence electrons. The summed E-state index contributed by atoms with van der Waals surface area (Å²) in [6.45, 7) is 1.91. The van der Waals surface area contributed by atoms with Gasteiger partial charge >= 0.3 is 6.03 Å². The Hall–Kier alpha value is -2.63. The van der Waals surface area contributed by atoms with Crippen molar-refractivity contribution in [3.8, 4) is 0 Å². The number of aromatic nitrogens is 1. The predicted molar refractivity (Wildman–Crippen MR) is 70.9 cm³/mol. The summed E-state index contributed by atoms with van der Waals surface area (Å²) in [5.41, 5.74) is 2.90. The van der Waals surface area contributed by atoms with Gasteiger partial charge in [0.1, 0.15) is 6.54 Å². The molecule has 0 radical (unpaired) electrons. The molecule has 6 nitrogen and oxygen atoms in total. The predicted octanol–water partition coefficient (Wildman–Crippen LogP) is 1.36. The van der Waals surface area contributed by atoms with Gasteiger partial charge in [-0.2, -0.15) is 5.10 Å². The van der Waals surface area contributed by atoms with E-state index in [1.807, 2.05) is 31.2 Å². The summed E-state index contributed by atoms with van der Waals surface area (Å²) in [6, 6.07) is 7.37. The lowest BCUT2D eigenvalue weighted by Gasteiger charge is -2.04. The van der Waals surface area contributed by atoms with Gasteiger partial charge in [-0.25, -0.2) is 9.80 Å². The molecule has 0 aliphatic carbocycles. The first-order chi connectivity index (χ1) is 9.15. The monoisotopic (exact) mass is 256 g/mol. The minimum atomic E-state index is -0.487. The molecule has 1 aromatic carbocycles. The Bertz CT molecular complexity index is 702. The molecule has 0 unspecified atom stereocenters. The van der Waals surface area contributed by atoms with Crippen LogP contribution in [0.5, 0.6) is 0 Å². The van der Waals surface area contributed by atoms with Gasteiger partial charge in [0.15, 0.2) is 0 Å². The molecule has 0 saturated carbocycles. The first kappa shape index (κ1) is 11.5. The van der Waals surface area contributed by atoms with Gasteiger partial charge < -0.3 is 4.98 Å². The molecule has 3 amide bonds. The van der Waals surface area contributed by atoms with Crippen LogP contribution in [0.15, 0.2) is 29.4 Å². The normalized spacial score (nSPS) is 15.7. The molecule has 2 aromatic rings. The van der Waals surface area contributed by atoms with Gasteiger partial charge in [-0.1, -0.05) is 18.2 Å². The van der Waals surface area contributed by atoms with Gasteiger partial charge in [0.05, 0.1) is 6.21 Å². The number of para-hydroxylation sites is 1. The molecule has 0 spiro atoms. The summed E-state index contributed by atoms with van der Waals surface area (Å²) in [4.78, 5) is 25.7. The maximum absolute atomic E-state index is 11.4. The van der Waals surface area contributed by atoms with Gasteiger partial charge in [-0.05, 0) is 13.0 Å². The Morgan fingerprint density at radius 3 is 2.84 bits per heavy atom. The van der Waals surface area contributed by atoms with E-state index in [1.165, 1.54) is 0 Å². The number of nitrogens with zero attached hydrogens (tertiary/aromatic N) is 2. The maximum atomic E-state index is 11.4. The van der Waals surface area contributed by atoms with E-state index < -0.39 is 6.03 Å². The summed E-state index contributed by atoms with van der Waals surface area (Å²) in [6.07, 6.45) is 1.60. The van der Waals surface area contributed by atoms with Crippen molar-refractivity contribution in [3.05, 3.63) is 35.5 Å². The summed E-state index contributed by atoms with van der Waals surface area (Å²) in [5.74, 6) is -0.335. The topological polar surface area (TPSA) is 77.6 Å². The third-order valence-corrected chi connectivity index (χ3v) is 3.04. The number of hydrogen-bond donors (Lipinski definition) is 2. The lowest BCUT2D eigenvalue weighted by molar-refractivity contribution is -0.118. The van der Waals surface area contributed by atoms with E-state index in [0.29, 0.717) is 0 Å². The number of amides is 3. The second-order valence-electron chi connectivity index (χ2n) is 4.36. The summed E-state index contributed by atoms with van der Waals surface area (Å²) in [5, 5.41) is 8.39. The van der Waals surface area contributed by atoms with Crippen LogP contribution in [0.1, 0.15) is 11.3 Å². The zero-order valence-corrected chi connectivity index (χ0v) is 10.3. The number of aryl methyl sites for hydroxylation is 1. The van der Waals surface area contributed by atoms with Crippen molar-refractivity contribution in [2.75, 3.05) is 6.54 Å². The van der Waals surface area contributed by atoms with E-state index in [2.05, 4.69) is 15.4 Å². The number of imide groups is 1. The van der Waals surface area contributed by atoms with Crippen molar-refractivity contribution in [1.29, 1.82) is 0 Å². The molecule has 2 N–H and O–H groups in total. The van der Waals surface area contributed by atoms with Gasteiger partial charge in [0, 0.05) is 22.2 Å². The first-order valence-electron chi connectivity index (χ1n) is 5.88. The molecule has 19 heavy (non-hydrogen) atoms. The number of aromatic amines is 1. The third kappa shape index (κ3) is 1.97. The van der Waals surface area contributed by atoms with Gasteiger partial charge in [-0.15, -0.1) is 0 Å². The fourth-order valence-corrected chi connectivity index (χ4v) is 2.12. The first-order valence-corrected chi connectivity index (χ1v) is 5.88. The zero-order valence-electron chi connectivity index (χ0n) is 10.3. The smallest absolute Gasteiger partial charge is 0.344 e. The highest BCUT2D eigenvalue weighted by atomic mass is 16.2. The maximum Gasteiger partial charge on any atom is 0.344 e. The quantitative estimate of drug-likeness (QED) is 0.628. The van der Waals surface area contributed by atoms with Crippen LogP contribution < -0.4 is 5.32 Å². The lowest BCUT2D eigenvalue weighted by Crippen LogP contribution is -2.24. The zero-order chi connectivity index (χ0) is 13.4. The summed E-state index contributed by atoms with van der Waals surface area (Å²) in [7, 11) is 0. The van der Waals surface area contributed by atoms with Crippen molar-refractivity contribution in [2.45, 2.75) is 6.92 Å². The summed E-state index contributed by atoms with van der Waals surface area (Å²) >= 11 is 0. The molecule has 1 aromatic heterocycles. The molecule has 0 bridgehead atoms. The number of fused-ring (bicyclic) bond motifs is 1. The van der Waals surface area contributed by atoms with E-state index >= 15 is 0 Å². The molecule has 1 fully saturated rings. The molecule has 1 aliphatic rings. The highest BCUT2D eigenvalue weighted by molar-refractivity contribution is 6.04. The average molecular weight is 256 g/mol. The number of carbonyl (C=O) groups excluding carboxylic acids is 2. The van der Waals surface area contributed by atoms with E-state index in [0.717, 1.165) is 27.2 Å². The minimum absolute atomic E-state index is 0.0310. The van der Waals surface area contributed by atoms with Crippen LogP contribution in [-0.4, -0.2) is 34.7 Å². The van der Waals surface area contributed by atoms with Gasteiger partial charge in [0.25, 0.3) is 0 Å². The van der Waals surface area contributed by atoms with E-state index in [4.69, 9.17) is 0 Å². The van der Waals surface area contributed by atoms with Gasteiger partial charge in [-0.3, -0.25) is 10.1 Å². The van der Waals surface area contributed by atoms with Crippen LogP contribution >= 0.6 is 0 Å². The Morgan fingerprint density at radius 2 is 2.11 bits per heavy atom. The third-order valence-electron chi connectivity index (χ3n) is 3.04. The van der Waals surface area contributed by atoms with Crippen molar-refractivity contribution in [1.82, 2.24) is 15.3 Å². The van der Waals surface area contributed by atoms with Gasteiger partial charge in [0.2, 0.25) is 5.91 Å². The van der Waals surface area contributed by atoms with Crippen molar-refractivity contribution < 1.29 is 9.59 Å². The highest BCUT2D eigenvalue weighted by Crippen LogP contribution is 2.20. The van der Waals surface area contributed by atoms with Crippen LogP contribution in [-0.2, 0) is 4.79 Å². The highest BCUT2D eigenvalue weighted by Gasteiger charge is 2.26. The standard InChI is InChI=1S/C13H12N4O2/c1-8-10(9-4-2-3-5-11(9)15-8)6-14-17-7-12(18)16-13(17)19/h2-6,15H,7H2,1H3,(H,16,18,19). The fraction of sp³-hybridized carbons (Fsp3) is 0.154. The largest absolute Gasteiger partial charge is 0.358 e. The number of rotatable bonds is 2. The fourth-order valence-electron chi connectivity index (χ4n) is 2.12. The Morgan fingerprint density at radius 1 is 1.32 bits per heavy atom. The molecule has 3 rings (SSSR count).